The van der Waals surface area contributed by atoms with Gasteiger partial charge in [0.1, 0.15) is 5.01 Å². The largest absolute Gasteiger partial charge is 0.340 e. The summed E-state index contributed by atoms with van der Waals surface area (Å²) in [6.45, 7) is 10.5. The van der Waals surface area contributed by atoms with E-state index in [4.69, 9.17) is 4.98 Å². The van der Waals surface area contributed by atoms with Crippen molar-refractivity contribution in [3.63, 3.8) is 0 Å². The van der Waals surface area contributed by atoms with Gasteiger partial charge >= 0.3 is 0 Å². The number of carbonyl (C=O) groups excluding carboxylic acids is 1. The minimum absolute atomic E-state index is 0.0963. The first kappa shape index (κ1) is 15.4. The predicted molar refractivity (Wildman–Crippen MR) is 91.1 cm³/mol. The summed E-state index contributed by atoms with van der Waals surface area (Å²) in [5.41, 5.74) is 2.36. The molecule has 1 fully saturated rings. The van der Waals surface area contributed by atoms with E-state index in [-0.39, 0.29) is 11.8 Å². The monoisotopic (exact) mass is 317 g/mol. The highest BCUT2D eigenvalue weighted by molar-refractivity contribution is 7.18. The fraction of sp³-hybridized carbons (Fsp3) is 0.529. The Morgan fingerprint density at radius 1 is 1.27 bits per heavy atom. The maximum absolute atomic E-state index is 12.0. The van der Waals surface area contributed by atoms with Crippen LogP contribution in [0.15, 0.2) is 18.2 Å². The Morgan fingerprint density at radius 2 is 2.00 bits per heavy atom. The Morgan fingerprint density at radius 3 is 2.68 bits per heavy atom. The Hall–Kier alpha value is -1.46. The Kier molecular flexibility index (Phi) is 4.45. The molecule has 4 nitrogen and oxygen atoms in total. The molecule has 0 atom stereocenters. The van der Waals surface area contributed by atoms with Crippen molar-refractivity contribution in [3.05, 3.63) is 28.8 Å². The van der Waals surface area contributed by atoms with Crippen LogP contribution in [0.2, 0.25) is 0 Å². The molecule has 0 N–H and O–H groups in total. The van der Waals surface area contributed by atoms with Crippen LogP contribution in [0.25, 0.3) is 10.2 Å². The molecular weight excluding hydrogens is 294 g/mol. The van der Waals surface area contributed by atoms with Crippen LogP contribution in [0.4, 0.5) is 0 Å². The van der Waals surface area contributed by atoms with Crippen LogP contribution in [-0.4, -0.2) is 46.9 Å². The number of aromatic nitrogens is 1. The minimum Gasteiger partial charge on any atom is -0.340 e. The van der Waals surface area contributed by atoms with Gasteiger partial charge in [0.15, 0.2) is 0 Å². The number of nitrogens with zero attached hydrogens (tertiary/aromatic N) is 3. The van der Waals surface area contributed by atoms with Crippen molar-refractivity contribution in [2.24, 2.45) is 5.92 Å². The highest BCUT2D eigenvalue weighted by atomic mass is 32.1. The van der Waals surface area contributed by atoms with Crippen molar-refractivity contribution in [2.75, 3.05) is 26.2 Å². The third-order valence-electron chi connectivity index (χ3n) is 4.12. The molecule has 0 radical (unpaired) electrons. The van der Waals surface area contributed by atoms with E-state index in [0.29, 0.717) is 0 Å². The van der Waals surface area contributed by atoms with Gasteiger partial charge in [-0.2, -0.15) is 0 Å². The lowest BCUT2D eigenvalue weighted by Gasteiger charge is -2.35. The number of amides is 1. The molecule has 2 heterocycles. The average molecular weight is 317 g/mol. The molecule has 1 saturated heterocycles. The van der Waals surface area contributed by atoms with Crippen molar-refractivity contribution >= 4 is 27.5 Å². The molecule has 2 aromatic rings. The lowest BCUT2D eigenvalue weighted by Crippen LogP contribution is -2.49. The zero-order valence-corrected chi connectivity index (χ0v) is 14.3. The molecule has 118 valence electrons. The first-order valence-electron chi connectivity index (χ1n) is 7.90. The van der Waals surface area contributed by atoms with E-state index in [1.165, 1.54) is 15.3 Å². The smallest absolute Gasteiger partial charge is 0.225 e. The van der Waals surface area contributed by atoms with E-state index >= 15 is 0 Å². The van der Waals surface area contributed by atoms with Crippen LogP contribution >= 0.6 is 11.3 Å². The molecule has 0 bridgehead atoms. The van der Waals surface area contributed by atoms with E-state index in [2.05, 4.69) is 30.0 Å². The molecule has 22 heavy (non-hydrogen) atoms. The van der Waals surface area contributed by atoms with E-state index < -0.39 is 0 Å². The summed E-state index contributed by atoms with van der Waals surface area (Å²) in [7, 11) is 0. The van der Waals surface area contributed by atoms with Crippen LogP contribution in [0.5, 0.6) is 0 Å². The van der Waals surface area contributed by atoms with E-state index in [1.807, 2.05) is 18.7 Å². The van der Waals surface area contributed by atoms with Gasteiger partial charge in [-0.1, -0.05) is 19.9 Å². The van der Waals surface area contributed by atoms with Gasteiger partial charge in [-0.3, -0.25) is 9.69 Å². The number of aryl methyl sites for hydroxylation is 1. The summed E-state index contributed by atoms with van der Waals surface area (Å²) >= 11 is 1.78. The van der Waals surface area contributed by atoms with Crippen LogP contribution in [0, 0.1) is 12.8 Å². The molecule has 1 aliphatic rings. The minimum atomic E-state index is 0.0963. The Labute approximate surface area is 135 Å². The molecular formula is C17H23N3OS. The third kappa shape index (κ3) is 3.31. The van der Waals surface area contributed by atoms with Crippen molar-refractivity contribution in [1.82, 2.24) is 14.8 Å². The molecule has 1 aliphatic heterocycles. The Balaban J connectivity index is 1.61. The van der Waals surface area contributed by atoms with Gasteiger partial charge in [-0.15, -0.1) is 11.3 Å². The highest BCUT2D eigenvalue weighted by Crippen LogP contribution is 2.24. The van der Waals surface area contributed by atoms with Gasteiger partial charge in [-0.05, 0) is 24.6 Å². The zero-order valence-electron chi connectivity index (χ0n) is 13.5. The standard InChI is InChI=1S/C17H23N3OS/c1-12(2)17(21)20-8-6-19(7-9-20)11-16-18-14-10-13(3)4-5-15(14)22-16/h4-5,10,12H,6-9,11H2,1-3H3. The van der Waals surface area contributed by atoms with Crippen LogP contribution in [0.1, 0.15) is 24.4 Å². The number of hydrogen-bond acceptors (Lipinski definition) is 4. The summed E-state index contributed by atoms with van der Waals surface area (Å²) in [6, 6.07) is 6.44. The molecule has 1 aromatic heterocycles. The van der Waals surface area contributed by atoms with Crippen LogP contribution in [0.3, 0.4) is 0 Å². The van der Waals surface area contributed by atoms with Gasteiger partial charge < -0.3 is 4.90 Å². The van der Waals surface area contributed by atoms with Gasteiger partial charge in [0.25, 0.3) is 0 Å². The maximum atomic E-state index is 12.0. The summed E-state index contributed by atoms with van der Waals surface area (Å²) < 4.78 is 1.26. The predicted octanol–water partition coefficient (Wildman–Crippen LogP) is 2.90. The molecule has 1 aromatic carbocycles. The fourth-order valence-electron chi connectivity index (χ4n) is 2.84. The molecule has 0 saturated carbocycles. The van der Waals surface area contributed by atoms with E-state index in [9.17, 15) is 4.79 Å². The highest BCUT2D eigenvalue weighted by Gasteiger charge is 2.23. The van der Waals surface area contributed by atoms with Gasteiger partial charge in [0, 0.05) is 32.1 Å². The van der Waals surface area contributed by atoms with Gasteiger partial charge in [0.2, 0.25) is 5.91 Å². The van der Waals surface area contributed by atoms with E-state index in [0.717, 1.165) is 38.2 Å². The second-order valence-electron chi connectivity index (χ2n) is 6.33. The van der Waals surface area contributed by atoms with E-state index in [1.54, 1.807) is 11.3 Å². The molecule has 0 spiro atoms. The molecule has 1 amide bonds. The fourth-order valence-corrected chi connectivity index (χ4v) is 3.83. The second-order valence-corrected chi connectivity index (χ2v) is 7.45. The number of carbonyl (C=O) groups is 1. The van der Waals surface area contributed by atoms with Crippen molar-refractivity contribution < 1.29 is 4.79 Å². The van der Waals surface area contributed by atoms with Crippen molar-refractivity contribution in [1.29, 1.82) is 0 Å². The topological polar surface area (TPSA) is 36.4 Å². The van der Waals surface area contributed by atoms with Crippen molar-refractivity contribution in [3.8, 4) is 0 Å². The van der Waals surface area contributed by atoms with Crippen LogP contribution in [-0.2, 0) is 11.3 Å². The summed E-state index contributed by atoms with van der Waals surface area (Å²) in [5.74, 6) is 0.370. The summed E-state index contributed by atoms with van der Waals surface area (Å²) in [4.78, 5) is 21.1. The summed E-state index contributed by atoms with van der Waals surface area (Å²) in [6.07, 6.45) is 0. The lowest BCUT2D eigenvalue weighted by molar-refractivity contribution is -0.136. The first-order valence-corrected chi connectivity index (χ1v) is 8.72. The summed E-state index contributed by atoms with van der Waals surface area (Å²) in [5, 5.41) is 1.17. The number of fused-ring (bicyclic) bond motifs is 1. The molecule has 0 unspecified atom stereocenters. The number of thiazole rings is 1. The quantitative estimate of drug-likeness (QED) is 0.873. The number of piperazine rings is 1. The van der Waals surface area contributed by atoms with Gasteiger partial charge in [0.05, 0.1) is 16.8 Å². The zero-order chi connectivity index (χ0) is 15.7. The number of rotatable bonds is 3. The number of benzene rings is 1. The lowest BCUT2D eigenvalue weighted by atomic mass is 10.1. The molecule has 3 rings (SSSR count). The van der Waals surface area contributed by atoms with Gasteiger partial charge in [-0.25, -0.2) is 4.98 Å². The van der Waals surface area contributed by atoms with Crippen molar-refractivity contribution in [2.45, 2.75) is 27.3 Å². The molecule has 5 heteroatoms. The Bertz CT molecular complexity index is 672. The SMILES string of the molecule is Cc1ccc2sc(CN3CCN(C(=O)C(C)C)CC3)nc2c1. The average Bonchev–Trinajstić information content (AvgIpc) is 2.88. The normalized spacial score (nSPS) is 16.6. The number of hydrogen-bond donors (Lipinski definition) is 0. The maximum Gasteiger partial charge on any atom is 0.225 e. The first-order chi connectivity index (χ1) is 10.5. The third-order valence-corrected chi connectivity index (χ3v) is 5.15. The second kappa shape index (κ2) is 6.34. The van der Waals surface area contributed by atoms with Crippen LogP contribution < -0.4 is 0 Å². The molecule has 0 aliphatic carbocycles.